The Balaban J connectivity index is 1.93. The monoisotopic (exact) mass is 216 g/mol. The van der Waals surface area contributed by atoms with Crippen molar-refractivity contribution in [1.29, 1.82) is 0 Å². The summed E-state index contributed by atoms with van der Waals surface area (Å²) in [6, 6.07) is 1.10. The van der Waals surface area contributed by atoms with Crippen molar-refractivity contribution < 1.29 is 5.11 Å². The Kier molecular flexibility index (Phi) is 3.71. The third-order valence-electron chi connectivity index (χ3n) is 3.32. The van der Waals surface area contributed by atoms with Gasteiger partial charge in [0.2, 0.25) is 0 Å². The van der Waals surface area contributed by atoms with Crippen LogP contribution in [0.15, 0.2) is 0 Å². The van der Waals surface area contributed by atoms with Crippen LogP contribution < -0.4 is 0 Å². The molecular formula is C10H20N2OS. The van der Waals surface area contributed by atoms with E-state index in [1.54, 1.807) is 0 Å². The molecule has 2 saturated heterocycles. The molecule has 2 aliphatic heterocycles. The smallest absolute Gasteiger partial charge is 0.0595 e. The van der Waals surface area contributed by atoms with E-state index in [0.29, 0.717) is 18.7 Å². The van der Waals surface area contributed by atoms with Crippen molar-refractivity contribution in [2.45, 2.75) is 18.5 Å². The lowest BCUT2D eigenvalue weighted by Gasteiger charge is -2.38. The van der Waals surface area contributed by atoms with Crippen molar-refractivity contribution in [3.05, 3.63) is 0 Å². The molecule has 0 aromatic heterocycles. The molecule has 0 amide bonds. The predicted molar refractivity (Wildman–Crippen MR) is 60.8 cm³/mol. The highest BCUT2D eigenvalue weighted by molar-refractivity contribution is 7.99. The van der Waals surface area contributed by atoms with Gasteiger partial charge in [-0.1, -0.05) is 0 Å². The first kappa shape index (κ1) is 10.7. The van der Waals surface area contributed by atoms with Crippen LogP contribution in [0.4, 0.5) is 0 Å². The molecule has 2 unspecified atom stereocenters. The van der Waals surface area contributed by atoms with Gasteiger partial charge in [0.1, 0.15) is 0 Å². The third kappa shape index (κ3) is 2.24. The van der Waals surface area contributed by atoms with Gasteiger partial charge >= 0.3 is 0 Å². The highest BCUT2D eigenvalue weighted by Gasteiger charge is 2.31. The first-order chi connectivity index (χ1) is 6.81. The Morgan fingerprint density at radius 1 is 1.43 bits per heavy atom. The lowest BCUT2D eigenvalue weighted by molar-refractivity contribution is 0.101. The lowest BCUT2D eigenvalue weighted by Crippen LogP contribution is -2.50. The molecule has 2 atom stereocenters. The summed E-state index contributed by atoms with van der Waals surface area (Å²) in [6.07, 6.45) is 1.28. The molecule has 0 aromatic rings. The van der Waals surface area contributed by atoms with Crippen molar-refractivity contribution in [3.8, 4) is 0 Å². The van der Waals surface area contributed by atoms with E-state index in [1.807, 2.05) is 11.8 Å². The second-order valence-electron chi connectivity index (χ2n) is 4.35. The highest BCUT2D eigenvalue weighted by Crippen LogP contribution is 2.23. The van der Waals surface area contributed by atoms with Gasteiger partial charge in [-0.05, 0) is 20.0 Å². The second-order valence-corrected chi connectivity index (χ2v) is 5.50. The zero-order valence-corrected chi connectivity index (χ0v) is 9.67. The van der Waals surface area contributed by atoms with E-state index in [-0.39, 0.29) is 0 Å². The average molecular weight is 216 g/mol. The molecule has 0 aromatic carbocycles. The molecule has 0 bridgehead atoms. The number of likely N-dealkylation sites (N-methyl/N-ethyl adjacent to an activating group) is 1. The van der Waals surface area contributed by atoms with Gasteiger partial charge < -0.3 is 10.0 Å². The average Bonchev–Trinajstić information content (AvgIpc) is 2.65. The van der Waals surface area contributed by atoms with E-state index >= 15 is 0 Å². The minimum absolute atomic E-state index is 0.327. The molecule has 4 heteroatoms. The number of nitrogens with zero attached hydrogens (tertiary/aromatic N) is 2. The fraction of sp³-hybridized carbons (Fsp3) is 1.00. The van der Waals surface area contributed by atoms with E-state index in [0.717, 1.165) is 12.3 Å². The maximum atomic E-state index is 9.32. The summed E-state index contributed by atoms with van der Waals surface area (Å²) in [7, 11) is 2.19. The normalized spacial score (nSPS) is 36.4. The Labute approximate surface area is 90.4 Å². The Bertz CT molecular complexity index is 191. The van der Waals surface area contributed by atoms with Gasteiger partial charge in [-0.2, -0.15) is 11.8 Å². The Morgan fingerprint density at radius 2 is 2.29 bits per heavy atom. The van der Waals surface area contributed by atoms with E-state index in [2.05, 4.69) is 16.8 Å². The summed E-state index contributed by atoms with van der Waals surface area (Å²) in [4.78, 5) is 4.92. The maximum absolute atomic E-state index is 9.32. The molecule has 0 radical (unpaired) electrons. The van der Waals surface area contributed by atoms with Crippen molar-refractivity contribution in [2.75, 3.05) is 44.8 Å². The van der Waals surface area contributed by atoms with E-state index < -0.39 is 0 Å². The first-order valence-corrected chi connectivity index (χ1v) is 6.59. The molecule has 0 aliphatic carbocycles. The summed E-state index contributed by atoms with van der Waals surface area (Å²) < 4.78 is 0. The minimum atomic E-state index is 0.327. The van der Waals surface area contributed by atoms with Crippen LogP contribution in [-0.4, -0.2) is 71.8 Å². The third-order valence-corrected chi connectivity index (χ3v) is 4.41. The van der Waals surface area contributed by atoms with Crippen LogP contribution >= 0.6 is 11.8 Å². The number of hydrogen-bond donors (Lipinski definition) is 1. The number of likely N-dealkylation sites (tertiary alicyclic amines) is 1. The highest BCUT2D eigenvalue weighted by atomic mass is 32.2. The molecule has 2 rings (SSSR count). The molecule has 1 N–H and O–H groups in total. The van der Waals surface area contributed by atoms with Gasteiger partial charge in [-0.3, -0.25) is 4.90 Å². The molecule has 14 heavy (non-hydrogen) atoms. The van der Waals surface area contributed by atoms with Crippen LogP contribution in [0.1, 0.15) is 6.42 Å². The number of aliphatic hydroxyl groups is 1. The molecule has 82 valence electrons. The van der Waals surface area contributed by atoms with E-state index in [1.165, 1.54) is 25.3 Å². The van der Waals surface area contributed by atoms with Crippen molar-refractivity contribution in [3.63, 3.8) is 0 Å². The fourth-order valence-electron chi connectivity index (χ4n) is 2.49. The quantitative estimate of drug-likeness (QED) is 0.708. The van der Waals surface area contributed by atoms with Crippen LogP contribution in [0.2, 0.25) is 0 Å². The first-order valence-electron chi connectivity index (χ1n) is 5.44. The second kappa shape index (κ2) is 4.84. The molecule has 0 spiro atoms. The summed E-state index contributed by atoms with van der Waals surface area (Å²) in [5.74, 6) is 2.34. The SMILES string of the molecule is CN1CCC(N2CCSCC2CO)C1. The largest absolute Gasteiger partial charge is 0.395 e. The number of rotatable bonds is 2. The molecule has 2 fully saturated rings. The summed E-state index contributed by atoms with van der Waals surface area (Å²) >= 11 is 1.98. The standard InChI is InChI=1S/C10H20N2OS/c1-11-3-2-9(6-11)12-4-5-14-8-10(12)7-13/h9-10,13H,2-8H2,1H3. The van der Waals surface area contributed by atoms with Crippen LogP contribution in [0.3, 0.4) is 0 Å². The molecule has 3 nitrogen and oxygen atoms in total. The van der Waals surface area contributed by atoms with Crippen molar-refractivity contribution in [1.82, 2.24) is 9.80 Å². The zero-order chi connectivity index (χ0) is 9.97. The number of hydrogen-bond acceptors (Lipinski definition) is 4. The van der Waals surface area contributed by atoms with Crippen LogP contribution in [-0.2, 0) is 0 Å². The number of aliphatic hydroxyl groups excluding tert-OH is 1. The molecule has 0 saturated carbocycles. The molecule has 2 aliphatic rings. The summed E-state index contributed by atoms with van der Waals surface area (Å²) in [6.45, 7) is 3.88. The van der Waals surface area contributed by atoms with Gasteiger partial charge in [-0.25, -0.2) is 0 Å². The van der Waals surface area contributed by atoms with Gasteiger partial charge in [0.05, 0.1) is 6.61 Å². The van der Waals surface area contributed by atoms with Gasteiger partial charge in [0.15, 0.2) is 0 Å². The van der Waals surface area contributed by atoms with E-state index in [4.69, 9.17) is 0 Å². The van der Waals surface area contributed by atoms with E-state index in [9.17, 15) is 5.11 Å². The topological polar surface area (TPSA) is 26.7 Å². The van der Waals surface area contributed by atoms with Gasteiger partial charge in [0.25, 0.3) is 0 Å². The number of thioether (sulfide) groups is 1. The minimum Gasteiger partial charge on any atom is -0.395 e. The van der Waals surface area contributed by atoms with Crippen LogP contribution in [0.5, 0.6) is 0 Å². The predicted octanol–water partition coefficient (Wildman–Crippen LogP) is 0.100. The Morgan fingerprint density at radius 3 is 2.93 bits per heavy atom. The zero-order valence-electron chi connectivity index (χ0n) is 8.85. The van der Waals surface area contributed by atoms with Crippen LogP contribution in [0.25, 0.3) is 0 Å². The van der Waals surface area contributed by atoms with Crippen molar-refractivity contribution >= 4 is 11.8 Å². The molecule has 2 heterocycles. The lowest BCUT2D eigenvalue weighted by atomic mass is 10.1. The maximum Gasteiger partial charge on any atom is 0.0595 e. The van der Waals surface area contributed by atoms with Gasteiger partial charge in [-0.15, -0.1) is 0 Å². The summed E-state index contributed by atoms with van der Waals surface area (Å²) in [5, 5.41) is 9.32. The Hall–Kier alpha value is 0.230. The van der Waals surface area contributed by atoms with Crippen molar-refractivity contribution in [2.24, 2.45) is 0 Å². The fourth-order valence-corrected chi connectivity index (χ4v) is 3.56. The molecular weight excluding hydrogens is 196 g/mol. The van der Waals surface area contributed by atoms with Crippen LogP contribution in [0, 0.1) is 0 Å². The summed E-state index contributed by atoms with van der Waals surface area (Å²) in [5.41, 5.74) is 0. The van der Waals surface area contributed by atoms with Gasteiger partial charge in [0, 0.05) is 36.7 Å².